The molecule has 2 atom stereocenters. The van der Waals surface area contributed by atoms with Gasteiger partial charge in [-0.2, -0.15) is 26.3 Å². The quantitative estimate of drug-likeness (QED) is 0.145. The minimum atomic E-state index is -5.58. The van der Waals surface area contributed by atoms with E-state index in [2.05, 4.69) is 0 Å². The highest BCUT2D eigenvalue weighted by Crippen LogP contribution is 2.63. The maximum Gasteiger partial charge on any atom is 0.467 e. The zero-order chi connectivity index (χ0) is 30.9. The van der Waals surface area contributed by atoms with Gasteiger partial charge < -0.3 is 0 Å². The van der Waals surface area contributed by atoms with Crippen LogP contribution in [0.2, 0.25) is 0 Å². The van der Waals surface area contributed by atoms with Crippen LogP contribution in [0, 0.1) is 0 Å². The van der Waals surface area contributed by atoms with E-state index in [4.69, 9.17) is 4.98 Å². The van der Waals surface area contributed by atoms with Gasteiger partial charge in [-0.05, 0) is 68.6 Å². The van der Waals surface area contributed by atoms with E-state index in [1.165, 1.54) is 0 Å². The molecule has 0 N–H and O–H groups in total. The van der Waals surface area contributed by atoms with E-state index in [1.807, 2.05) is 103 Å². The Bertz CT molecular complexity index is 1810. The van der Waals surface area contributed by atoms with Crippen molar-refractivity contribution < 1.29 is 26.3 Å². The predicted molar refractivity (Wildman–Crippen MR) is 157 cm³/mol. The number of halogens is 6. The minimum absolute atomic E-state index is 0.421. The molecular formula is C36H26F6N2. The minimum Gasteiger partial charge on any atom is -0.260 e. The first-order valence-electron chi connectivity index (χ1n) is 14.2. The number of fused-ring (bicyclic) bond motifs is 7. The van der Waals surface area contributed by atoms with Crippen LogP contribution in [0.4, 0.5) is 26.3 Å². The normalized spacial score (nSPS) is 20.3. The second kappa shape index (κ2) is 9.79. The summed E-state index contributed by atoms with van der Waals surface area (Å²) < 4.78 is 82.6. The fraction of sp³-hybridized carbons (Fsp3) is 0.194. The first-order valence-corrected chi connectivity index (χ1v) is 14.2. The van der Waals surface area contributed by atoms with Crippen LogP contribution in [-0.2, 0) is 10.8 Å². The Morgan fingerprint density at radius 2 is 1.14 bits per heavy atom. The van der Waals surface area contributed by atoms with Crippen LogP contribution in [-0.4, -0.2) is 29.0 Å². The number of rotatable bonds is 5. The van der Waals surface area contributed by atoms with E-state index in [0.29, 0.717) is 5.56 Å². The van der Waals surface area contributed by atoms with Crippen LogP contribution in [0.15, 0.2) is 115 Å². The third-order valence-corrected chi connectivity index (χ3v) is 9.27. The molecule has 0 saturated carbocycles. The Morgan fingerprint density at radius 3 is 1.75 bits per heavy atom. The zero-order valence-electron chi connectivity index (χ0n) is 23.5. The highest BCUT2D eigenvalue weighted by Gasteiger charge is 2.56. The van der Waals surface area contributed by atoms with Gasteiger partial charge >= 0.3 is 12.6 Å². The van der Waals surface area contributed by atoms with Gasteiger partial charge in [-0.15, -0.1) is 4.90 Å². The van der Waals surface area contributed by atoms with Crippen molar-refractivity contribution in [2.24, 2.45) is 0 Å². The first kappa shape index (κ1) is 28.3. The molecule has 0 spiro atoms. The van der Waals surface area contributed by atoms with Crippen LogP contribution >= 0.6 is 0 Å². The number of hydrogen-bond acceptors (Lipinski definition) is 2. The summed E-state index contributed by atoms with van der Waals surface area (Å²) in [4.78, 5) is 3.55. The van der Waals surface area contributed by atoms with Crippen LogP contribution in [0.5, 0.6) is 0 Å². The average molecular weight is 601 g/mol. The molecule has 2 unspecified atom stereocenters. The van der Waals surface area contributed by atoms with Crippen molar-refractivity contribution in [1.82, 2.24) is 9.88 Å². The summed E-state index contributed by atoms with van der Waals surface area (Å²) in [5.41, 5.74) is 6.12. The number of pyridine rings is 1. The smallest absolute Gasteiger partial charge is 0.260 e. The van der Waals surface area contributed by atoms with Crippen molar-refractivity contribution in [1.29, 1.82) is 0 Å². The molecule has 0 saturated heterocycles. The molecule has 5 aromatic rings. The van der Waals surface area contributed by atoms with E-state index in [-0.39, 0.29) is 0 Å². The average Bonchev–Trinajstić information content (AvgIpc) is 3.44. The lowest BCUT2D eigenvalue weighted by Gasteiger charge is -2.38. The maximum absolute atomic E-state index is 13.8. The topological polar surface area (TPSA) is 16.1 Å². The van der Waals surface area contributed by atoms with Gasteiger partial charge in [0.05, 0.1) is 11.1 Å². The monoisotopic (exact) mass is 600 g/mol. The molecule has 7 rings (SSSR count). The van der Waals surface area contributed by atoms with E-state index in [9.17, 15) is 26.3 Å². The van der Waals surface area contributed by atoms with Crippen LogP contribution in [0.3, 0.4) is 0 Å². The Morgan fingerprint density at radius 1 is 0.591 bits per heavy atom. The van der Waals surface area contributed by atoms with Gasteiger partial charge in [0, 0.05) is 18.2 Å². The number of aromatic nitrogens is 1. The van der Waals surface area contributed by atoms with Crippen LogP contribution in [0.25, 0.3) is 22.3 Å². The molecule has 222 valence electrons. The molecule has 0 radical (unpaired) electrons. The summed E-state index contributed by atoms with van der Waals surface area (Å²) in [5.74, 6) is 0. The molecule has 0 bridgehead atoms. The second-order valence-corrected chi connectivity index (χ2v) is 11.5. The zero-order valence-corrected chi connectivity index (χ0v) is 23.5. The van der Waals surface area contributed by atoms with Gasteiger partial charge in [-0.3, -0.25) is 4.98 Å². The number of nitrogens with zero attached hydrogens (tertiary/aromatic N) is 2. The highest BCUT2D eigenvalue weighted by atomic mass is 19.4. The summed E-state index contributed by atoms with van der Waals surface area (Å²) in [5, 5.41) is 0. The second-order valence-electron chi connectivity index (χ2n) is 11.5. The van der Waals surface area contributed by atoms with Crippen molar-refractivity contribution >= 4 is 0 Å². The Kier molecular flexibility index (Phi) is 6.31. The summed E-state index contributed by atoms with van der Waals surface area (Å²) in [7, 11) is 0. The van der Waals surface area contributed by atoms with Crippen molar-refractivity contribution in [2.75, 3.05) is 6.54 Å². The van der Waals surface area contributed by atoms with E-state index in [1.54, 1.807) is 19.2 Å². The molecular weight excluding hydrogens is 574 g/mol. The van der Waals surface area contributed by atoms with Gasteiger partial charge in [-0.1, -0.05) is 104 Å². The van der Waals surface area contributed by atoms with Crippen molar-refractivity contribution in [3.63, 3.8) is 0 Å². The van der Waals surface area contributed by atoms with Gasteiger partial charge in [-0.25, -0.2) is 0 Å². The molecule has 2 nitrogen and oxygen atoms in total. The summed E-state index contributed by atoms with van der Waals surface area (Å²) in [6.45, 7) is 0.524. The van der Waals surface area contributed by atoms with Gasteiger partial charge in [0.25, 0.3) is 0 Å². The summed E-state index contributed by atoms with van der Waals surface area (Å²) in [6.07, 6.45) is -9.86. The molecule has 44 heavy (non-hydrogen) atoms. The van der Waals surface area contributed by atoms with Crippen LogP contribution in [0.1, 0.15) is 46.9 Å². The molecule has 0 amide bonds. The molecule has 1 aromatic heterocycles. The third kappa shape index (κ3) is 3.97. The molecule has 0 fully saturated rings. The summed E-state index contributed by atoms with van der Waals surface area (Å²) >= 11 is 0. The lowest BCUT2D eigenvalue weighted by atomic mass is 9.64. The highest BCUT2D eigenvalue weighted by molar-refractivity contribution is 5.94. The van der Waals surface area contributed by atoms with E-state index in [0.717, 1.165) is 50.2 Å². The van der Waals surface area contributed by atoms with Gasteiger partial charge in [0.2, 0.25) is 0 Å². The Balaban J connectivity index is 1.57. The van der Waals surface area contributed by atoms with Crippen molar-refractivity contribution in [2.45, 2.75) is 36.8 Å². The number of hydrogen-bond donors (Lipinski definition) is 0. The Labute approximate surface area is 250 Å². The molecule has 8 heteroatoms. The summed E-state index contributed by atoms with van der Waals surface area (Å²) in [6, 6.07) is 34.7. The molecule has 1 heterocycles. The molecule has 2 aliphatic carbocycles. The first-order chi connectivity index (χ1) is 21.0. The third-order valence-electron chi connectivity index (χ3n) is 9.27. The standard InChI is InChI=1S/C36H26F6N2/c1-33(20-22-44(35(37,38)39)36(40,41)42)28-15-7-5-13-24(28)26-18-19-27-25-14-6-8-16-29(25)34(32(27)31(26)33,23-11-3-2-4-12-23)30-17-9-10-21-43-30/h2-19,21H,20,22H2,1H3. The molecule has 4 aromatic carbocycles. The van der Waals surface area contributed by atoms with Gasteiger partial charge in [0.1, 0.15) is 0 Å². The largest absolute Gasteiger partial charge is 0.467 e. The fourth-order valence-corrected chi connectivity index (χ4v) is 7.51. The number of benzene rings is 4. The van der Waals surface area contributed by atoms with Gasteiger partial charge in [0.15, 0.2) is 0 Å². The van der Waals surface area contributed by atoms with Crippen molar-refractivity contribution in [3.8, 4) is 22.3 Å². The van der Waals surface area contributed by atoms with Crippen LogP contribution < -0.4 is 0 Å². The molecule has 0 aliphatic heterocycles. The SMILES string of the molecule is CC1(CCN(C(F)(F)F)C(F)(F)F)c2ccccc2-c2ccc3c(c21)C(c1ccccc1)(c1ccccn1)c1ccccc1-3. The lowest BCUT2D eigenvalue weighted by Crippen LogP contribution is -2.49. The predicted octanol–water partition coefficient (Wildman–Crippen LogP) is 9.46. The fourth-order valence-electron chi connectivity index (χ4n) is 7.51. The number of alkyl halides is 6. The maximum atomic E-state index is 13.8. The van der Waals surface area contributed by atoms with E-state index < -0.39 is 41.3 Å². The van der Waals surface area contributed by atoms with E-state index >= 15 is 0 Å². The van der Waals surface area contributed by atoms with Crippen molar-refractivity contribution in [3.05, 3.63) is 149 Å². The Hall–Kier alpha value is -4.43. The molecule has 2 aliphatic rings. The lowest BCUT2D eigenvalue weighted by molar-refractivity contribution is -0.373.